The van der Waals surface area contributed by atoms with Crippen molar-refractivity contribution in [2.75, 3.05) is 39.8 Å². The third-order valence-corrected chi connectivity index (χ3v) is 3.69. The molecule has 1 heterocycles. The van der Waals surface area contributed by atoms with Crippen LogP contribution >= 0.6 is 0 Å². The molecule has 0 aromatic rings. The number of rotatable bonds is 9. The Bertz CT molecular complexity index is 234. The summed E-state index contributed by atoms with van der Waals surface area (Å²) in [5.41, 5.74) is 0. The van der Waals surface area contributed by atoms with E-state index >= 15 is 0 Å². The summed E-state index contributed by atoms with van der Waals surface area (Å²) in [6.07, 6.45) is 9.10. The average Bonchev–Trinajstić information content (AvgIpc) is 2.94. The molecular weight excluding hydrogens is 236 g/mol. The summed E-state index contributed by atoms with van der Waals surface area (Å²) < 4.78 is 0. The monoisotopic (exact) mass is 268 g/mol. The van der Waals surface area contributed by atoms with Crippen molar-refractivity contribution in [1.82, 2.24) is 15.5 Å². The maximum absolute atomic E-state index is 4.24. The first-order chi connectivity index (χ1) is 9.36. The van der Waals surface area contributed by atoms with Gasteiger partial charge >= 0.3 is 0 Å². The second-order valence-electron chi connectivity index (χ2n) is 5.39. The molecule has 1 aliphatic rings. The van der Waals surface area contributed by atoms with E-state index in [1.165, 1.54) is 64.6 Å². The molecule has 0 radical (unpaired) electrons. The van der Waals surface area contributed by atoms with E-state index in [-0.39, 0.29) is 0 Å². The maximum atomic E-state index is 4.24. The van der Waals surface area contributed by atoms with Crippen LogP contribution in [0.5, 0.6) is 0 Å². The zero-order valence-electron chi connectivity index (χ0n) is 12.9. The first-order valence-corrected chi connectivity index (χ1v) is 8.03. The number of guanidine groups is 1. The van der Waals surface area contributed by atoms with E-state index in [1.807, 2.05) is 7.05 Å². The standard InChI is InChI=1S/C15H32N4/c1-3-4-5-10-17-15(16-2)18-11-6-7-12-19-13-8-9-14-19/h3-14H2,1-2H3,(H2,16,17,18). The van der Waals surface area contributed by atoms with Gasteiger partial charge in [0.05, 0.1) is 0 Å². The van der Waals surface area contributed by atoms with Crippen LogP contribution in [0.3, 0.4) is 0 Å². The number of nitrogens with one attached hydrogen (secondary N) is 2. The number of likely N-dealkylation sites (tertiary alicyclic amines) is 1. The second-order valence-corrected chi connectivity index (χ2v) is 5.39. The summed E-state index contributed by atoms with van der Waals surface area (Å²) in [5, 5.41) is 6.76. The number of hydrogen-bond acceptors (Lipinski definition) is 2. The van der Waals surface area contributed by atoms with E-state index < -0.39 is 0 Å². The van der Waals surface area contributed by atoms with Crippen molar-refractivity contribution in [3.8, 4) is 0 Å². The normalized spacial score (nSPS) is 16.8. The van der Waals surface area contributed by atoms with Gasteiger partial charge in [-0.05, 0) is 51.7 Å². The molecule has 0 unspecified atom stereocenters. The van der Waals surface area contributed by atoms with Gasteiger partial charge in [-0.2, -0.15) is 0 Å². The Labute approximate surface area is 119 Å². The molecule has 4 nitrogen and oxygen atoms in total. The first kappa shape index (κ1) is 16.3. The van der Waals surface area contributed by atoms with Gasteiger partial charge in [-0.3, -0.25) is 4.99 Å². The minimum atomic E-state index is 0.956. The Hall–Kier alpha value is -0.770. The van der Waals surface area contributed by atoms with E-state index in [0.29, 0.717) is 0 Å². The Morgan fingerprint density at radius 3 is 2.21 bits per heavy atom. The average molecular weight is 268 g/mol. The van der Waals surface area contributed by atoms with Gasteiger partial charge in [0.1, 0.15) is 0 Å². The lowest BCUT2D eigenvalue weighted by molar-refractivity contribution is 0.330. The molecule has 0 aliphatic carbocycles. The van der Waals surface area contributed by atoms with Gasteiger partial charge in [-0.15, -0.1) is 0 Å². The Morgan fingerprint density at radius 1 is 1.00 bits per heavy atom. The predicted octanol–water partition coefficient (Wildman–Crippen LogP) is 2.22. The molecule has 0 bridgehead atoms. The van der Waals surface area contributed by atoms with Crippen LogP contribution in [0.25, 0.3) is 0 Å². The quantitative estimate of drug-likeness (QED) is 0.383. The fraction of sp³-hybridized carbons (Fsp3) is 0.933. The predicted molar refractivity (Wildman–Crippen MR) is 83.8 cm³/mol. The summed E-state index contributed by atoms with van der Waals surface area (Å²) in [4.78, 5) is 6.83. The SMILES string of the molecule is CCCCCNC(=NC)NCCCCN1CCCC1. The Kier molecular flexibility index (Phi) is 9.51. The molecule has 0 spiro atoms. The van der Waals surface area contributed by atoms with E-state index in [4.69, 9.17) is 0 Å². The van der Waals surface area contributed by atoms with Crippen molar-refractivity contribution >= 4 is 5.96 Å². The van der Waals surface area contributed by atoms with Gasteiger partial charge in [0, 0.05) is 20.1 Å². The van der Waals surface area contributed by atoms with Crippen molar-refractivity contribution in [2.24, 2.45) is 4.99 Å². The Morgan fingerprint density at radius 2 is 1.63 bits per heavy atom. The third-order valence-electron chi connectivity index (χ3n) is 3.69. The van der Waals surface area contributed by atoms with Gasteiger partial charge in [-0.1, -0.05) is 19.8 Å². The van der Waals surface area contributed by atoms with Crippen LogP contribution in [0.1, 0.15) is 51.9 Å². The van der Waals surface area contributed by atoms with Crippen LogP contribution in [-0.4, -0.2) is 50.6 Å². The topological polar surface area (TPSA) is 39.7 Å². The number of aliphatic imine (C=N–C) groups is 1. The number of hydrogen-bond donors (Lipinski definition) is 2. The minimum Gasteiger partial charge on any atom is -0.356 e. The van der Waals surface area contributed by atoms with Gasteiger partial charge in [0.25, 0.3) is 0 Å². The molecule has 0 aromatic carbocycles. The molecule has 0 saturated carbocycles. The van der Waals surface area contributed by atoms with E-state index in [2.05, 4.69) is 27.4 Å². The molecular formula is C15H32N4. The summed E-state index contributed by atoms with van der Waals surface area (Å²) in [7, 11) is 1.85. The molecule has 1 rings (SSSR count). The van der Waals surface area contributed by atoms with Crippen molar-refractivity contribution < 1.29 is 0 Å². The van der Waals surface area contributed by atoms with Gasteiger partial charge in [0.2, 0.25) is 0 Å². The summed E-state index contributed by atoms with van der Waals surface area (Å²) in [6, 6.07) is 0. The molecule has 4 heteroatoms. The highest BCUT2D eigenvalue weighted by atomic mass is 15.2. The molecule has 1 fully saturated rings. The summed E-state index contributed by atoms with van der Waals surface area (Å²) in [6.45, 7) is 8.18. The molecule has 0 amide bonds. The van der Waals surface area contributed by atoms with Crippen LogP contribution in [0, 0.1) is 0 Å². The number of unbranched alkanes of at least 4 members (excludes halogenated alkanes) is 3. The highest BCUT2D eigenvalue weighted by molar-refractivity contribution is 5.79. The highest BCUT2D eigenvalue weighted by Crippen LogP contribution is 2.07. The maximum Gasteiger partial charge on any atom is 0.190 e. The molecule has 0 atom stereocenters. The summed E-state index contributed by atoms with van der Waals surface area (Å²) in [5.74, 6) is 0.956. The fourth-order valence-electron chi connectivity index (χ4n) is 2.48. The molecule has 1 saturated heterocycles. The highest BCUT2D eigenvalue weighted by Gasteiger charge is 2.09. The van der Waals surface area contributed by atoms with Crippen LogP contribution in [0.4, 0.5) is 0 Å². The molecule has 0 aromatic heterocycles. The minimum absolute atomic E-state index is 0.956. The van der Waals surface area contributed by atoms with Crippen LogP contribution < -0.4 is 10.6 Å². The fourth-order valence-corrected chi connectivity index (χ4v) is 2.48. The molecule has 2 N–H and O–H groups in total. The largest absolute Gasteiger partial charge is 0.356 e. The zero-order chi connectivity index (χ0) is 13.8. The Balaban J connectivity index is 1.93. The summed E-state index contributed by atoms with van der Waals surface area (Å²) >= 11 is 0. The van der Waals surface area contributed by atoms with E-state index in [9.17, 15) is 0 Å². The lowest BCUT2D eigenvalue weighted by Gasteiger charge is -2.15. The second kappa shape index (κ2) is 11.1. The van der Waals surface area contributed by atoms with Crippen LogP contribution in [0.2, 0.25) is 0 Å². The zero-order valence-corrected chi connectivity index (χ0v) is 12.9. The van der Waals surface area contributed by atoms with Gasteiger partial charge in [-0.25, -0.2) is 0 Å². The number of nitrogens with zero attached hydrogens (tertiary/aromatic N) is 2. The molecule has 19 heavy (non-hydrogen) atoms. The lowest BCUT2D eigenvalue weighted by atomic mass is 10.2. The van der Waals surface area contributed by atoms with Gasteiger partial charge in [0.15, 0.2) is 5.96 Å². The smallest absolute Gasteiger partial charge is 0.190 e. The molecule has 1 aliphatic heterocycles. The van der Waals surface area contributed by atoms with Crippen molar-refractivity contribution in [3.63, 3.8) is 0 Å². The van der Waals surface area contributed by atoms with Gasteiger partial charge < -0.3 is 15.5 Å². The van der Waals surface area contributed by atoms with E-state index in [1.54, 1.807) is 0 Å². The molecule has 112 valence electrons. The first-order valence-electron chi connectivity index (χ1n) is 8.03. The van der Waals surface area contributed by atoms with Crippen molar-refractivity contribution in [1.29, 1.82) is 0 Å². The lowest BCUT2D eigenvalue weighted by Crippen LogP contribution is -2.38. The van der Waals surface area contributed by atoms with Crippen LogP contribution in [-0.2, 0) is 0 Å². The third kappa shape index (κ3) is 8.09. The van der Waals surface area contributed by atoms with Crippen molar-refractivity contribution in [2.45, 2.75) is 51.9 Å². The van der Waals surface area contributed by atoms with Crippen LogP contribution in [0.15, 0.2) is 4.99 Å². The van der Waals surface area contributed by atoms with Crippen molar-refractivity contribution in [3.05, 3.63) is 0 Å². The van der Waals surface area contributed by atoms with E-state index in [0.717, 1.165) is 19.0 Å².